The van der Waals surface area contributed by atoms with Gasteiger partial charge in [-0.1, -0.05) is 38.7 Å². The van der Waals surface area contributed by atoms with Gasteiger partial charge in [0.05, 0.1) is 6.61 Å². The first kappa shape index (κ1) is 14.3. The van der Waals surface area contributed by atoms with Crippen molar-refractivity contribution >= 4 is 0 Å². The molecule has 0 aromatic heterocycles. The summed E-state index contributed by atoms with van der Waals surface area (Å²) < 4.78 is 31.9. The third-order valence-electron chi connectivity index (χ3n) is 4.05. The van der Waals surface area contributed by atoms with Crippen LogP contribution in [0.3, 0.4) is 0 Å². The largest absolute Gasteiger partial charge is 0.490 e. The maximum Gasteiger partial charge on any atom is 0.200 e. The molecule has 19 heavy (non-hydrogen) atoms. The minimum absolute atomic E-state index is 0.0377. The predicted octanol–water partition coefficient (Wildman–Crippen LogP) is 4.95. The lowest BCUT2D eigenvalue weighted by molar-refractivity contribution is 0.173. The standard InChI is InChI=1S/C16H22F2O/c1-2-4-12-7-9-13(10-8-12)11-19-15-6-3-5-14(17)16(15)18/h3,5-6,12-13H,2,4,7-11H2,1H3/t12-,13-. The average Bonchev–Trinajstić information content (AvgIpc) is 2.42. The topological polar surface area (TPSA) is 9.23 Å². The van der Waals surface area contributed by atoms with Gasteiger partial charge in [0.25, 0.3) is 0 Å². The van der Waals surface area contributed by atoms with E-state index in [2.05, 4.69) is 6.92 Å². The molecule has 1 aliphatic carbocycles. The molecule has 2 rings (SSSR count). The van der Waals surface area contributed by atoms with Crippen molar-refractivity contribution in [3.63, 3.8) is 0 Å². The Balaban J connectivity index is 1.79. The van der Waals surface area contributed by atoms with Crippen molar-refractivity contribution in [1.29, 1.82) is 0 Å². The summed E-state index contributed by atoms with van der Waals surface area (Å²) >= 11 is 0. The predicted molar refractivity (Wildman–Crippen MR) is 72.2 cm³/mol. The van der Waals surface area contributed by atoms with Crippen molar-refractivity contribution in [2.24, 2.45) is 11.8 Å². The number of hydrogen-bond acceptors (Lipinski definition) is 1. The molecule has 1 aromatic carbocycles. The van der Waals surface area contributed by atoms with Gasteiger partial charge >= 0.3 is 0 Å². The first-order chi connectivity index (χ1) is 9.20. The van der Waals surface area contributed by atoms with Crippen LogP contribution in [-0.4, -0.2) is 6.61 Å². The Morgan fingerprint density at radius 3 is 2.47 bits per heavy atom. The van der Waals surface area contributed by atoms with Crippen molar-refractivity contribution in [1.82, 2.24) is 0 Å². The number of benzene rings is 1. The normalized spacial score (nSPS) is 23.3. The van der Waals surface area contributed by atoms with E-state index in [0.29, 0.717) is 12.5 Å². The van der Waals surface area contributed by atoms with Crippen molar-refractivity contribution in [3.05, 3.63) is 29.8 Å². The van der Waals surface area contributed by atoms with E-state index in [-0.39, 0.29) is 5.75 Å². The molecule has 1 fully saturated rings. The summed E-state index contributed by atoms with van der Waals surface area (Å²) in [6.07, 6.45) is 7.33. The zero-order valence-electron chi connectivity index (χ0n) is 11.5. The maximum absolute atomic E-state index is 13.4. The van der Waals surface area contributed by atoms with Crippen molar-refractivity contribution in [2.75, 3.05) is 6.61 Å². The number of ether oxygens (including phenoxy) is 1. The molecule has 0 bridgehead atoms. The van der Waals surface area contributed by atoms with Gasteiger partial charge in [-0.15, -0.1) is 0 Å². The molecule has 0 spiro atoms. The van der Waals surface area contributed by atoms with E-state index in [1.165, 1.54) is 37.8 Å². The molecule has 0 N–H and O–H groups in total. The summed E-state index contributed by atoms with van der Waals surface area (Å²) in [6.45, 7) is 2.72. The van der Waals surface area contributed by atoms with Gasteiger partial charge in [0, 0.05) is 0 Å². The van der Waals surface area contributed by atoms with Gasteiger partial charge in [-0.05, 0) is 36.8 Å². The SMILES string of the molecule is CCC[C@H]1CC[C@H](COc2cccc(F)c2F)CC1. The molecule has 3 heteroatoms. The molecular weight excluding hydrogens is 246 g/mol. The Morgan fingerprint density at radius 2 is 1.79 bits per heavy atom. The molecule has 1 saturated carbocycles. The third kappa shape index (κ3) is 3.92. The van der Waals surface area contributed by atoms with Crippen LogP contribution in [-0.2, 0) is 0 Å². The van der Waals surface area contributed by atoms with Crippen LogP contribution in [0.15, 0.2) is 18.2 Å². The summed E-state index contributed by atoms with van der Waals surface area (Å²) in [5.74, 6) is -0.343. The van der Waals surface area contributed by atoms with Crippen molar-refractivity contribution in [2.45, 2.75) is 45.4 Å². The van der Waals surface area contributed by atoms with E-state index in [0.717, 1.165) is 24.8 Å². The molecule has 1 aliphatic rings. The second-order valence-corrected chi connectivity index (χ2v) is 5.54. The summed E-state index contributed by atoms with van der Waals surface area (Å²) in [6, 6.07) is 4.07. The van der Waals surface area contributed by atoms with Crippen LogP contribution >= 0.6 is 0 Å². The first-order valence-corrected chi connectivity index (χ1v) is 7.27. The Bertz CT molecular complexity index is 398. The van der Waals surface area contributed by atoms with Crippen LogP contribution in [0.25, 0.3) is 0 Å². The van der Waals surface area contributed by atoms with E-state index >= 15 is 0 Å². The Hall–Kier alpha value is -1.12. The molecule has 1 aromatic rings. The van der Waals surface area contributed by atoms with E-state index in [1.54, 1.807) is 0 Å². The molecular formula is C16H22F2O. The number of hydrogen-bond donors (Lipinski definition) is 0. The van der Waals surface area contributed by atoms with E-state index < -0.39 is 11.6 Å². The van der Waals surface area contributed by atoms with Crippen LogP contribution in [0.1, 0.15) is 45.4 Å². The second kappa shape index (κ2) is 6.88. The highest BCUT2D eigenvalue weighted by atomic mass is 19.2. The van der Waals surface area contributed by atoms with Crippen LogP contribution in [0.5, 0.6) is 5.75 Å². The van der Waals surface area contributed by atoms with Gasteiger partial charge < -0.3 is 4.74 Å². The Kier molecular flexibility index (Phi) is 5.17. The molecule has 1 nitrogen and oxygen atoms in total. The van der Waals surface area contributed by atoms with Crippen LogP contribution < -0.4 is 4.74 Å². The zero-order valence-corrected chi connectivity index (χ0v) is 11.5. The van der Waals surface area contributed by atoms with Gasteiger partial charge in [-0.3, -0.25) is 0 Å². The summed E-state index contributed by atoms with van der Waals surface area (Å²) in [5, 5.41) is 0. The first-order valence-electron chi connectivity index (χ1n) is 7.27. The van der Waals surface area contributed by atoms with Gasteiger partial charge in [0.1, 0.15) is 0 Å². The zero-order chi connectivity index (χ0) is 13.7. The van der Waals surface area contributed by atoms with Gasteiger partial charge in [0.2, 0.25) is 5.82 Å². The Morgan fingerprint density at radius 1 is 1.11 bits per heavy atom. The minimum Gasteiger partial charge on any atom is -0.490 e. The molecule has 106 valence electrons. The van der Waals surface area contributed by atoms with Crippen molar-refractivity contribution in [3.8, 4) is 5.75 Å². The van der Waals surface area contributed by atoms with Gasteiger partial charge in [-0.25, -0.2) is 4.39 Å². The second-order valence-electron chi connectivity index (χ2n) is 5.54. The highest BCUT2D eigenvalue weighted by Crippen LogP contribution is 2.32. The third-order valence-corrected chi connectivity index (χ3v) is 4.05. The van der Waals surface area contributed by atoms with Crippen molar-refractivity contribution < 1.29 is 13.5 Å². The van der Waals surface area contributed by atoms with E-state index in [4.69, 9.17) is 4.74 Å². The summed E-state index contributed by atoms with van der Waals surface area (Å²) in [7, 11) is 0. The molecule has 0 aliphatic heterocycles. The van der Waals surface area contributed by atoms with Gasteiger partial charge in [-0.2, -0.15) is 4.39 Å². The molecule has 0 heterocycles. The van der Waals surface area contributed by atoms with E-state index in [1.807, 2.05) is 0 Å². The highest BCUT2D eigenvalue weighted by Gasteiger charge is 2.21. The molecule has 0 amide bonds. The van der Waals surface area contributed by atoms with Gasteiger partial charge in [0.15, 0.2) is 11.6 Å². The fourth-order valence-corrected chi connectivity index (χ4v) is 2.90. The maximum atomic E-state index is 13.4. The summed E-state index contributed by atoms with van der Waals surface area (Å²) in [4.78, 5) is 0. The molecule has 0 atom stereocenters. The smallest absolute Gasteiger partial charge is 0.200 e. The monoisotopic (exact) mass is 268 g/mol. The highest BCUT2D eigenvalue weighted by molar-refractivity contribution is 5.25. The molecule has 0 unspecified atom stereocenters. The van der Waals surface area contributed by atoms with Crippen LogP contribution in [0.4, 0.5) is 8.78 Å². The quantitative estimate of drug-likeness (QED) is 0.734. The summed E-state index contributed by atoms with van der Waals surface area (Å²) in [5.41, 5.74) is 0. The minimum atomic E-state index is -0.873. The number of halogens is 2. The fourth-order valence-electron chi connectivity index (χ4n) is 2.90. The molecule has 0 radical (unpaired) electrons. The lowest BCUT2D eigenvalue weighted by Gasteiger charge is -2.28. The average molecular weight is 268 g/mol. The van der Waals surface area contributed by atoms with E-state index in [9.17, 15) is 8.78 Å². The fraction of sp³-hybridized carbons (Fsp3) is 0.625. The molecule has 0 saturated heterocycles. The lowest BCUT2D eigenvalue weighted by atomic mass is 9.80. The number of rotatable bonds is 5. The van der Waals surface area contributed by atoms with Crippen LogP contribution in [0, 0.1) is 23.5 Å². The van der Waals surface area contributed by atoms with Crippen LogP contribution in [0.2, 0.25) is 0 Å². The Labute approximate surface area is 114 Å². The lowest BCUT2D eigenvalue weighted by Crippen LogP contribution is -2.20.